The van der Waals surface area contributed by atoms with Crippen LogP contribution >= 0.6 is 0 Å². The zero-order valence-electron chi connectivity index (χ0n) is 15.6. The first-order chi connectivity index (χ1) is 13.1. The number of imidazole rings is 1. The lowest BCUT2D eigenvalue weighted by atomic mass is 10.2. The van der Waals surface area contributed by atoms with Gasteiger partial charge in [-0.25, -0.2) is 4.98 Å². The van der Waals surface area contributed by atoms with Crippen LogP contribution in [0, 0.1) is 0 Å². The molecule has 0 saturated heterocycles. The largest absolute Gasteiger partial charge is 0.346 e. The molecule has 0 aliphatic rings. The SMILES string of the molecule is CCCCN(C)C(=O)c1nc(C(=O)NCc2cccnc2)c2ccccn12. The molecule has 0 bridgehead atoms. The summed E-state index contributed by atoms with van der Waals surface area (Å²) < 4.78 is 1.67. The first kappa shape index (κ1) is 18.6. The first-order valence-corrected chi connectivity index (χ1v) is 9.01. The lowest BCUT2D eigenvalue weighted by molar-refractivity contribution is 0.0780. The molecule has 0 fully saturated rings. The number of pyridine rings is 2. The Labute approximate surface area is 158 Å². The summed E-state index contributed by atoms with van der Waals surface area (Å²) in [7, 11) is 1.75. The number of amides is 2. The first-order valence-electron chi connectivity index (χ1n) is 9.01. The van der Waals surface area contributed by atoms with Crippen molar-refractivity contribution in [1.82, 2.24) is 24.6 Å². The van der Waals surface area contributed by atoms with Crippen molar-refractivity contribution in [3.8, 4) is 0 Å². The van der Waals surface area contributed by atoms with E-state index in [0.717, 1.165) is 18.4 Å². The van der Waals surface area contributed by atoms with Gasteiger partial charge in [0.15, 0.2) is 5.69 Å². The van der Waals surface area contributed by atoms with E-state index >= 15 is 0 Å². The van der Waals surface area contributed by atoms with Crippen LogP contribution in [0.1, 0.15) is 46.4 Å². The topological polar surface area (TPSA) is 79.6 Å². The Morgan fingerprint density at radius 3 is 2.81 bits per heavy atom. The number of hydrogen-bond acceptors (Lipinski definition) is 4. The van der Waals surface area contributed by atoms with Gasteiger partial charge in [-0.15, -0.1) is 0 Å². The molecule has 3 heterocycles. The summed E-state index contributed by atoms with van der Waals surface area (Å²) in [5.41, 5.74) is 1.74. The molecule has 2 amide bonds. The zero-order chi connectivity index (χ0) is 19.2. The van der Waals surface area contributed by atoms with E-state index in [-0.39, 0.29) is 23.3 Å². The minimum Gasteiger partial charge on any atom is -0.346 e. The number of fused-ring (bicyclic) bond motifs is 1. The van der Waals surface area contributed by atoms with E-state index in [1.807, 2.05) is 24.3 Å². The van der Waals surface area contributed by atoms with E-state index in [2.05, 4.69) is 22.2 Å². The van der Waals surface area contributed by atoms with Gasteiger partial charge in [-0.3, -0.25) is 19.0 Å². The number of hydrogen-bond donors (Lipinski definition) is 1. The van der Waals surface area contributed by atoms with E-state index in [1.54, 1.807) is 41.0 Å². The minimum atomic E-state index is -0.321. The van der Waals surface area contributed by atoms with E-state index in [4.69, 9.17) is 0 Å². The average molecular weight is 365 g/mol. The summed E-state index contributed by atoms with van der Waals surface area (Å²) in [5.74, 6) is -0.274. The molecule has 0 aliphatic carbocycles. The smallest absolute Gasteiger partial charge is 0.289 e. The van der Waals surface area contributed by atoms with Gasteiger partial charge in [0.25, 0.3) is 11.8 Å². The highest BCUT2D eigenvalue weighted by atomic mass is 16.2. The normalized spacial score (nSPS) is 10.7. The molecule has 1 N–H and O–H groups in total. The van der Waals surface area contributed by atoms with Gasteiger partial charge in [0, 0.05) is 38.7 Å². The molecule has 7 nitrogen and oxygen atoms in total. The van der Waals surface area contributed by atoms with Crippen LogP contribution in [0.3, 0.4) is 0 Å². The summed E-state index contributed by atoms with van der Waals surface area (Å²) in [6.45, 7) is 3.08. The molecular formula is C20H23N5O2. The fourth-order valence-corrected chi connectivity index (χ4v) is 2.79. The van der Waals surface area contributed by atoms with Crippen molar-refractivity contribution < 1.29 is 9.59 Å². The van der Waals surface area contributed by atoms with Crippen molar-refractivity contribution in [2.45, 2.75) is 26.3 Å². The molecule has 0 atom stereocenters. The second kappa shape index (κ2) is 8.44. The van der Waals surface area contributed by atoms with Gasteiger partial charge in [0.1, 0.15) is 0 Å². The van der Waals surface area contributed by atoms with Crippen LogP contribution < -0.4 is 5.32 Å². The number of nitrogens with zero attached hydrogens (tertiary/aromatic N) is 4. The number of nitrogens with one attached hydrogen (secondary N) is 1. The molecule has 3 aromatic rings. The Balaban J connectivity index is 1.85. The standard InChI is InChI=1S/C20H23N5O2/c1-3-4-11-24(2)20(27)18-23-17(16-9-5-6-12-25(16)18)19(26)22-14-15-8-7-10-21-13-15/h5-10,12-13H,3-4,11,14H2,1-2H3,(H,22,26). The lowest BCUT2D eigenvalue weighted by Crippen LogP contribution is -2.29. The quantitative estimate of drug-likeness (QED) is 0.698. The van der Waals surface area contributed by atoms with Crippen molar-refractivity contribution in [2.24, 2.45) is 0 Å². The number of carbonyl (C=O) groups is 2. The van der Waals surface area contributed by atoms with Crippen LogP contribution in [-0.2, 0) is 6.54 Å². The third-order valence-electron chi connectivity index (χ3n) is 4.32. The summed E-state index contributed by atoms with van der Waals surface area (Å²) in [6.07, 6.45) is 7.05. The van der Waals surface area contributed by atoms with Crippen LogP contribution in [0.4, 0.5) is 0 Å². The fraction of sp³-hybridized carbons (Fsp3) is 0.300. The van der Waals surface area contributed by atoms with Crippen LogP contribution in [-0.4, -0.2) is 44.7 Å². The number of carbonyl (C=O) groups excluding carboxylic acids is 2. The Hall–Kier alpha value is -3.22. The summed E-state index contributed by atoms with van der Waals surface area (Å²) in [6, 6.07) is 9.13. The highest BCUT2D eigenvalue weighted by Gasteiger charge is 2.23. The maximum Gasteiger partial charge on any atom is 0.289 e. The average Bonchev–Trinajstić information content (AvgIpc) is 3.10. The van der Waals surface area contributed by atoms with Gasteiger partial charge >= 0.3 is 0 Å². The minimum absolute atomic E-state index is 0.198. The predicted molar refractivity (Wildman–Crippen MR) is 102 cm³/mol. The highest BCUT2D eigenvalue weighted by molar-refractivity contribution is 6.02. The third kappa shape index (κ3) is 4.13. The van der Waals surface area contributed by atoms with Crippen molar-refractivity contribution in [2.75, 3.05) is 13.6 Å². The monoisotopic (exact) mass is 365 g/mol. The van der Waals surface area contributed by atoms with Crippen molar-refractivity contribution in [3.05, 3.63) is 66.0 Å². The second-order valence-corrected chi connectivity index (χ2v) is 6.36. The number of unbranched alkanes of at least 4 members (excludes halogenated alkanes) is 1. The van der Waals surface area contributed by atoms with Gasteiger partial charge in [0.2, 0.25) is 5.82 Å². The Bertz CT molecular complexity index is 936. The van der Waals surface area contributed by atoms with Crippen LogP contribution in [0.25, 0.3) is 5.52 Å². The van der Waals surface area contributed by atoms with E-state index < -0.39 is 0 Å². The molecule has 0 saturated carbocycles. The predicted octanol–water partition coefficient (Wildman–Crippen LogP) is 2.53. The zero-order valence-corrected chi connectivity index (χ0v) is 15.6. The molecule has 0 aliphatic heterocycles. The highest BCUT2D eigenvalue weighted by Crippen LogP contribution is 2.15. The lowest BCUT2D eigenvalue weighted by Gasteiger charge is -2.15. The van der Waals surface area contributed by atoms with E-state index in [1.165, 1.54) is 0 Å². The third-order valence-corrected chi connectivity index (χ3v) is 4.32. The molecular weight excluding hydrogens is 342 g/mol. The van der Waals surface area contributed by atoms with Gasteiger partial charge in [-0.05, 0) is 30.2 Å². The summed E-state index contributed by atoms with van der Waals surface area (Å²) >= 11 is 0. The van der Waals surface area contributed by atoms with Crippen molar-refractivity contribution in [1.29, 1.82) is 0 Å². The molecule has 0 aromatic carbocycles. The number of aromatic nitrogens is 3. The molecule has 3 aromatic heterocycles. The summed E-state index contributed by atoms with van der Waals surface area (Å²) in [5, 5.41) is 2.84. The van der Waals surface area contributed by atoms with Gasteiger partial charge in [0.05, 0.1) is 5.52 Å². The maximum absolute atomic E-state index is 12.8. The van der Waals surface area contributed by atoms with E-state index in [0.29, 0.717) is 18.6 Å². The summed E-state index contributed by atoms with van der Waals surface area (Å²) in [4.78, 5) is 35.5. The van der Waals surface area contributed by atoms with Gasteiger partial charge in [-0.2, -0.15) is 0 Å². The molecule has 3 rings (SSSR count). The maximum atomic E-state index is 12.8. The van der Waals surface area contributed by atoms with Crippen molar-refractivity contribution in [3.63, 3.8) is 0 Å². The Morgan fingerprint density at radius 1 is 1.22 bits per heavy atom. The molecule has 140 valence electrons. The Kier molecular flexibility index (Phi) is 5.80. The second-order valence-electron chi connectivity index (χ2n) is 6.36. The van der Waals surface area contributed by atoms with Crippen LogP contribution in [0.15, 0.2) is 48.9 Å². The Morgan fingerprint density at radius 2 is 2.07 bits per heavy atom. The van der Waals surface area contributed by atoms with Crippen molar-refractivity contribution >= 4 is 17.3 Å². The molecule has 0 spiro atoms. The molecule has 0 unspecified atom stereocenters. The molecule has 7 heteroatoms. The van der Waals surface area contributed by atoms with Crippen LogP contribution in [0.2, 0.25) is 0 Å². The molecule has 0 radical (unpaired) electrons. The molecule has 27 heavy (non-hydrogen) atoms. The number of rotatable bonds is 7. The van der Waals surface area contributed by atoms with Gasteiger partial charge in [-0.1, -0.05) is 25.5 Å². The van der Waals surface area contributed by atoms with Crippen LogP contribution in [0.5, 0.6) is 0 Å². The van der Waals surface area contributed by atoms with E-state index in [9.17, 15) is 9.59 Å². The fourth-order valence-electron chi connectivity index (χ4n) is 2.79. The van der Waals surface area contributed by atoms with Gasteiger partial charge < -0.3 is 10.2 Å².